The molecule has 5 heterocycles. The fourth-order valence-electron chi connectivity index (χ4n) is 4.81. The fourth-order valence-corrected chi connectivity index (χ4v) is 5.00. The zero-order valence-electron chi connectivity index (χ0n) is 17.6. The molecule has 1 N–H and O–H groups in total. The Labute approximate surface area is 185 Å². The molecule has 1 fully saturated rings. The molecule has 0 bridgehead atoms. The summed E-state index contributed by atoms with van der Waals surface area (Å²) in [5.41, 5.74) is 2.63. The van der Waals surface area contributed by atoms with E-state index in [-0.39, 0.29) is 17.2 Å². The van der Waals surface area contributed by atoms with Crippen molar-refractivity contribution in [3.63, 3.8) is 0 Å². The number of likely N-dealkylation sites (tertiary alicyclic amines) is 1. The molecule has 162 valence electrons. The number of piperidine rings is 1. The van der Waals surface area contributed by atoms with Crippen molar-refractivity contribution in [2.45, 2.75) is 44.9 Å². The van der Waals surface area contributed by atoms with E-state index < -0.39 is 0 Å². The smallest absolute Gasteiger partial charge is 0.252 e. The van der Waals surface area contributed by atoms with Crippen LogP contribution < -0.4 is 16.4 Å². The molecule has 0 saturated carbocycles. The monoisotopic (exact) mass is 439 g/mol. The van der Waals surface area contributed by atoms with Crippen LogP contribution in [0.25, 0.3) is 11.0 Å². The van der Waals surface area contributed by atoms with Crippen molar-refractivity contribution in [2.75, 3.05) is 19.6 Å². The second-order valence-electron chi connectivity index (χ2n) is 8.62. The Morgan fingerprint density at radius 2 is 1.87 bits per heavy atom. The number of aromatic nitrogens is 3. The van der Waals surface area contributed by atoms with Gasteiger partial charge in [-0.1, -0.05) is 11.6 Å². The SMILES string of the molecule is Cc1ncc(CNC2CCN(C[C@@H]3Cn4c(=O)ccc5ccc(=O)n3c54)CC2)cc1Cl. The Hall–Kier alpha value is -2.48. The van der Waals surface area contributed by atoms with E-state index in [1.165, 1.54) is 0 Å². The number of aryl methyl sites for hydroxylation is 1. The molecule has 1 atom stereocenters. The molecule has 2 aliphatic heterocycles. The maximum Gasteiger partial charge on any atom is 0.252 e. The first kappa shape index (κ1) is 20.4. The van der Waals surface area contributed by atoms with E-state index in [0.717, 1.165) is 61.3 Å². The minimum Gasteiger partial charge on any atom is -0.310 e. The molecule has 0 amide bonds. The van der Waals surface area contributed by atoms with Crippen molar-refractivity contribution in [2.24, 2.45) is 0 Å². The molecule has 3 aromatic rings. The first-order valence-electron chi connectivity index (χ1n) is 10.8. The molecule has 31 heavy (non-hydrogen) atoms. The number of pyridine rings is 3. The summed E-state index contributed by atoms with van der Waals surface area (Å²) in [7, 11) is 0. The zero-order valence-corrected chi connectivity index (χ0v) is 18.3. The summed E-state index contributed by atoms with van der Waals surface area (Å²) < 4.78 is 3.56. The summed E-state index contributed by atoms with van der Waals surface area (Å²) in [6.07, 6.45) is 3.97. The lowest BCUT2D eigenvalue weighted by atomic mass is 10.0. The third-order valence-corrected chi connectivity index (χ3v) is 6.93. The summed E-state index contributed by atoms with van der Waals surface area (Å²) >= 11 is 6.18. The molecule has 0 spiro atoms. The average Bonchev–Trinajstić information content (AvgIpc) is 3.15. The van der Waals surface area contributed by atoms with E-state index in [1.807, 2.05) is 23.8 Å². The molecule has 0 aliphatic carbocycles. The number of halogens is 1. The zero-order chi connectivity index (χ0) is 21.5. The minimum atomic E-state index is -0.0389. The Morgan fingerprint density at radius 3 is 2.61 bits per heavy atom. The number of hydrogen-bond donors (Lipinski definition) is 1. The Balaban J connectivity index is 1.21. The number of hydrogen-bond acceptors (Lipinski definition) is 5. The van der Waals surface area contributed by atoms with E-state index in [9.17, 15) is 9.59 Å². The topological polar surface area (TPSA) is 72.2 Å². The summed E-state index contributed by atoms with van der Waals surface area (Å²) in [6.45, 7) is 5.95. The summed E-state index contributed by atoms with van der Waals surface area (Å²) in [5, 5.41) is 5.26. The van der Waals surface area contributed by atoms with E-state index in [1.54, 1.807) is 28.8 Å². The molecule has 3 aromatic heterocycles. The molecule has 5 rings (SSSR count). The molecule has 7 nitrogen and oxygen atoms in total. The van der Waals surface area contributed by atoms with Crippen molar-refractivity contribution in [3.05, 3.63) is 73.5 Å². The van der Waals surface area contributed by atoms with Gasteiger partial charge in [0.05, 0.1) is 16.8 Å². The quantitative estimate of drug-likeness (QED) is 0.660. The van der Waals surface area contributed by atoms with Gasteiger partial charge < -0.3 is 10.2 Å². The van der Waals surface area contributed by atoms with E-state index in [0.29, 0.717) is 17.6 Å². The predicted octanol–water partition coefficient (Wildman–Crippen LogP) is 2.33. The second kappa shape index (κ2) is 8.22. The first-order chi connectivity index (χ1) is 15.0. The largest absolute Gasteiger partial charge is 0.310 e. The molecule has 1 saturated heterocycles. The van der Waals surface area contributed by atoms with Crippen LogP contribution in [0.3, 0.4) is 0 Å². The number of rotatable bonds is 5. The van der Waals surface area contributed by atoms with Crippen LogP contribution in [0.2, 0.25) is 5.02 Å². The van der Waals surface area contributed by atoms with Crippen LogP contribution in [-0.4, -0.2) is 44.7 Å². The second-order valence-corrected chi connectivity index (χ2v) is 9.03. The normalized spacial score (nSPS) is 19.4. The van der Waals surface area contributed by atoms with Crippen LogP contribution in [0, 0.1) is 6.92 Å². The highest BCUT2D eigenvalue weighted by molar-refractivity contribution is 6.31. The molecule has 8 heteroatoms. The third kappa shape index (κ3) is 3.93. The molecule has 0 radical (unpaired) electrons. The van der Waals surface area contributed by atoms with Crippen LogP contribution in [0.15, 0.2) is 46.1 Å². The molecule has 2 aliphatic rings. The van der Waals surface area contributed by atoms with Crippen molar-refractivity contribution in [1.29, 1.82) is 0 Å². The van der Waals surface area contributed by atoms with Crippen molar-refractivity contribution in [3.8, 4) is 0 Å². The Kier molecular flexibility index (Phi) is 5.42. The van der Waals surface area contributed by atoms with Gasteiger partial charge in [0.15, 0.2) is 0 Å². The molecule has 0 unspecified atom stereocenters. The molecular formula is C23H26ClN5O2. The molecule has 0 aromatic carbocycles. The minimum absolute atomic E-state index is 0.00316. The van der Waals surface area contributed by atoms with Gasteiger partial charge in [-0.2, -0.15) is 0 Å². The maximum atomic E-state index is 12.6. The molecular weight excluding hydrogens is 414 g/mol. The van der Waals surface area contributed by atoms with Gasteiger partial charge in [-0.25, -0.2) is 0 Å². The van der Waals surface area contributed by atoms with Gasteiger partial charge in [-0.05, 0) is 56.6 Å². The standard InChI is InChI=1S/C23H26ClN5O2/c1-15-20(24)10-16(11-25-15)12-26-18-6-8-27(9-7-18)13-19-14-28-21(30)4-2-17-3-5-22(31)29(19)23(17)28/h2-5,10-11,18-19,26H,6-9,12-14H2,1H3/t19-/m1/s1. The highest BCUT2D eigenvalue weighted by atomic mass is 35.5. The summed E-state index contributed by atoms with van der Waals surface area (Å²) in [5.74, 6) is 0. The van der Waals surface area contributed by atoms with E-state index >= 15 is 0 Å². The van der Waals surface area contributed by atoms with E-state index in [2.05, 4.69) is 15.2 Å². The van der Waals surface area contributed by atoms with Gasteiger partial charge in [-0.15, -0.1) is 0 Å². The van der Waals surface area contributed by atoms with Crippen LogP contribution in [0.4, 0.5) is 0 Å². The lowest BCUT2D eigenvalue weighted by Gasteiger charge is -2.34. The maximum absolute atomic E-state index is 12.6. The van der Waals surface area contributed by atoms with Crippen molar-refractivity contribution < 1.29 is 0 Å². The highest BCUT2D eigenvalue weighted by Gasteiger charge is 2.29. The Morgan fingerprint density at radius 1 is 1.13 bits per heavy atom. The Bertz CT molecular complexity index is 1240. The predicted molar refractivity (Wildman–Crippen MR) is 122 cm³/mol. The fraction of sp³-hybridized carbons (Fsp3) is 0.435. The first-order valence-corrected chi connectivity index (χ1v) is 11.2. The van der Waals surface area contributed by atoms with Gasteiger partial charge in [0.2, 0.25) is 0 Å². The van der Waals surface area contributed by atoms with Crippen LogP contribution in [0.5, 0.6) is 0 Å². The van der Waals surface area contributed by atoms with Crippen LogP contribution in [0.1, 0.15) is 30.1 Å². The third-order valence-electron chi connectivity index (χ3n) is 6.55. The van der Waals surface area contributed by atoms with Gasteiger partial charge in [0.25, 0.3) is 11.1 Å². The summed E-state index contributed by atoms with van der Waals surface area (Å²) in [4.78, 5) is 31.7. The number of nitrogens with one attached hydrogen (secondary N) is 1. The lowest BCUT2D eigenvalue weighted by molar-refractivity contribution is 0.171. The van der Waals surface area contributed by atoms with Gasteiger partial charge in [-0.3, -0.25) is 23.7 Å². The van der Waals surface area contributed by atoms with Crippen molar-refractivity contribution >= 4 is 22.6 Å². The van der Waals surface area contributed by atoms with Crippen LogP contribution in [-0.2, 0) is 13.1 Å². The summed E-state index contributed by atoms with van der Waals surface area (Å²) in [6, 6.07) is 9.23. The lowest BCUT2D eigenvalue weighted by Crippen LogP contribution is -2.44. The number of nitrogens with zero attached hydrogens (tertiary/aromatic N) is 4. The van der Waals surface area contributed by atoms with Gasteiger partial charge in [0.1, 0.15) is 5.65 Å². The van der Waals surface area contributed by atoms with E-state index in [4.69, 9.17) is 11.6 Å². The van der Waals surface area contributed by atoms with Gasteiger partial charge >= 0.3 is 0 Å². The van der Waals surface area contributed by atoms with Gasteiger partial charge in [0, 0.05) is 49.4 Å². The highest BCUT2D eigenvalue weighted by Crippen LogP contribution is 2.25. The average molecular weight is 440 g/mol. The van der Waals surface area contributed by atoms with Crippen LogP contribution >= 0.6 is 11.6 Å². The van der Waals surface area contributed by atoms with Crippen molar-refractivity contribution in [1.82, 2.24) is 24.3 Å².